The summed E-state index contributed by atoms with van der Waals surface area (Å²) in [6.45, 7) is 3.41. The van der Waals surface area contributed by atoms with E-state index in [-0.39, 0.29) is 22.9 Å². The number of carbonyl (C=O) groups excluding carboxylic acids is 2. The Kier molecular flexibility index (Phi) is 7.09. The molecule has 12 heteroatoms. The summed E-state index contributed by atoms with van der Waals surface area (Å²) in [5, 5.41) is 16.9. The number of hydrogen-bond donors (Lipinski definition) is 3. The van der Waals surface area contributed by atoms with E-state index in [2.05, 4.69) is 5.32 Å². The van der Waals surface area contributed by atoms with E-state index in [1.54, 1.807) is 6.92 Å². The van der Waals surface area contributed by atoms with Gasteiger partial charge in [0.15, 0.2) is 0 Å². The number of carboxylic acid groups (broad SMARTS) is 1. The van der Waals surface area contributed by atoms with Crippen molar-refractivity contribution in [1.82, 2.24) is 4.90 Å². The van der Waals surface area contributed by atoms with Gasteiger partial charge in [-0.2, -0.15) is 0 Å². The van der Waals surface area contributed by atoms with Gasteiger partial charge in [0.25, 0.3) is 0 Å². The predicted molar refractivity (Wildman–Crippen MR) is 104 cm³/mol. The lowest BCUT2D eigenvalue weighted by atomic mass is 10.1. The molecule has 1 fully saturated rings. The molecule has 2 rings (SSSR count). The fraction of sp³-hybridized carbons (Fsp3) is 0.471. The smallest absolute Gasteiger partial charge is 0.340 e. The molecule has 2 atom stereocenters. The first-order chi connectivity index (χ1) is 13.5. The van der Waals surface area contributed by atoms with Crippen LogP contribution in [0, 0.1) is 0 Å². The van der Waals surface area contributed by atoms with Crippen molar-refractivity contribution < 1.29 is 32.6 Å². The molecule has 1 aliphatic heterocycles. The number of primary sulfonamides is 1. The molecule has 1 unspecified atom stereocenters. The van der Waals surface area contributed by atoms with Gasteiger partial charge in [-0.25, -0.2) is 23.1 Å². The van der Waals surface area contributed by atoms with Gasteiger partial charge in [0.1, 0.15) is 17.0 Å². The van der Waals surface area contributed by atoms with Crippen molar-refractivity contribution in [1.29, 1.82) is 0 Å². The minimum atomic E-state index is -4.20. The molecule has 160 valence electrons. The first-order valence-corrected chi connectivity index (χ1v) is 10.7. The van der Waals surface area contributed by atoms with Crippen LogP contribution >= 0.6 is 11.6 Å². The third-order valence-electron chi connectivity index (χ3n) is 4.44. The standard InChI is InChI=1S/C17H22ClN3O7S/c1-3-28-17(25)10-7-14(29(19,26)27)11(18)8-12(10)20-9(2)15(22)21-6-4-5-13(21)16(23)24/h7-9,13,20H,3-6H2,1-2H3,(H,23,24)(H2,19,26,27)/t9-,13?/m0/s1. The fourth-order valence-corrected chi connectivity index (χ4v) is 4.20. The van der Waals surface area contributed by atoms with Crippen molar-refractivity contribution in [3.8, 4) is 0 Å². The Morgan fingerprint density at radius 2 is 2.07 bits per heavy atom. The van der Waals surface area contributed by atoms with Crippen LogP contribution in [0.2, 0.25) is 5.02 Å². The monoisotopic (exact) mass is 447 g/mol. The Morgan fingerprint density at radius 1 is 1.41 bits per heavy atom. The molecule has 0 aromatic heterocycles. The fourth-order valence-electron chi connectivity index (χ4n) is 3.10. The molecular weight excluding hydrogens is 426 g/mol. The number of carbonyl (C=O) groups is 3. The number of ether oxygens (including phenoxy) is 1. The molecule has 10 nitrogen and oxygen atoms in total. The van der Waals surface area contributed by atoms with E-state index in [0.29, 0.717) is 19.4 Å². The Labute approximate surface area is 173 Å². The van der Waals surface area contributed by atoms with Crippen molar-refractivity contribution in [2.45, 2.75) is 43.7 Å². The number of likely N-dealkylation sites (tertiary alicyclic amines) is 1. The molecule has 1 aliphatic rings. The van der Waals surface area contributed by atoms with Crippen LogP contribution in [-0.2, 0) is 24.3 Å². The number of nitrogens with zero attached hydrogens (tertiary/aromatic N) is 1. The van der Waals surface area contributed by atoms with Gasteiger partial charge >= 0.3 is 11.9 Å². The van der Waals surface area contributed by atoms with E-state index in [0.717, 1.165) is 12.1 Å². The number of nitrogens with two attached hydrogens (primary N) is 1. The number of rotatable bonds is 7. The average Bonchev–Trinajstić information content (AvgIpc) is 3.10. The normalized spacial score (nSPS) is 17.7. The molecule has 4 N–H and O–H groups in total. The Balaban J connectivity index is 2.37. The number of benzene rings is 1. The van der Waals surface area contributed by atoms with Gasteiger partial charge in [-0.1, -0.05) is 11.6 Å². The van der Waals surface area contributed by atoms with E-state index < -0.39 is 44.8 Å². The molecule has 1 amide bonds. The summed E-state index contributed by atoms with van der Waals surface area (Å²) in [7, 11) is -4.20. The maximum Gasteiger partial charge on any atom is 0.340 e. The highest BCUT2D eigenvalue weighted by atomic mass is 35.5. The first-order valence-electron chi connectivity index (χ1n) is 8.80. The number of anilines is 1. The minimum Gasteiger partial charge on any atom is -0.480 e. The second kappa shape index (κ2) is 8.97. The van der Waals surface area contributed by atoms with E-state index in [1.165, 1.54) is 11.8 Å². The summed E-state index contributed by atoms with van der Waals surface area (Å²) in [6.07, 6.45) is 0.926. The van der Waals surface area contributed by atoms with Gasteiger partial charge in [0.05, 0.1) is 22.9 Å². The molecule has 29 heavy (non-hydrogen) atoms. The van der Waals surface area contributed by atoms with Crippen LogP contribution in [0.3, 0.4) is 0 Å². The molecule has 1 aromatic rings. The molecular formula is C17H22ClN3O7S. The van der Waals surface area contributed by atoms with Crippen molar-refractivity contribution in [3.05, 3.63) is 22.7 Å². The lowest BCUT2D eigenvalue weighted by Gasteiger charge is -2.26. The van der Waals surface area contributed by atoms with Gasteiger partial charge in [-0.05, 0) is 38.8 Å². The highest BCUT2D eigenvalue weighted by Gasteiger charge is 2.36. The lowest BCUT2D eigenvalue weighted by molar-refractivity contribution is -0.148. The number of esters is 1. The maximum atomic E-state index is 12.7. The van der Waals surface area contributed by atoms with E-state index in [1.807, 2.05) is 0 Å². The molecule has 1 saturated heterocycles. The first kappa shape index (κ1) is 22.9. The van der Waals surface area contributed by atoms with Crippen LogP contribution in [0.1, 0.15) is 37.0 Å². The van der Waals surface area contributed by atoms with Gasteiger partial charge in [0.2, 0.25) is 15.9 Å². The van der Waals surface area contributed by atoms with Crippen LogP contribution in [0.15, 0.2) is 17.0 Å². The van der Waals surface area contributed by atoms with Crippen molar-refractivity contribution in [2.75, 3.05) is 18.5 Å². The van der Waals surface area contributed by atoms with Crippen LogP contribution in [0.4, 0.5) is 5.69 Å². The third-order valence-corrected chi connectivity index (χ3v) is 5.81. The zero-order chi connectivity index (χ0) is 21.9. The number of hydrogen-bond acceptors (Lipinski definition) is 7. The van der Waals surface area contributed by atoms with Crippen molar-refractivity contribution in [3.63, 3.8) is 0 Å². The summed E-state index contributed by atoms with van der Waals surface area (Å²) < 4.78 is 28.3. The summed E-state index contributed by atoms with van der Waals surface area (Å²) in [6, 6.07) is 0.310. The largest absolute Gasteiger partial charge is 0.480 e. The second-order valence-corrected chi connectivity index (χ2v) is 8.42. The second-order valence-electron chi connectivity index (χ2n) is 6.49. The molecule has 0 radical (unpaired) electrons. The van der Waals surface area contributed by atoms with Gasteiger partial charge in [-0.3, -0.25) is 4.79 Å². The predicted octanol–water partition coefficient (Wildman–Crippen LogP) is 1.04. The van der Waals surface area contributed by atoms with Gasteiger partial charge in [-0.15, -0.1) is 0 Å². The van der Waals surface area contributed by atoms with E-state index in [9.17, 15) is 27.9 Å². The number of nitrogens with one attached hydrogen (secondary N) is 1. The SMILES string of the molecule is CCOC(=O)c1cc(S(N)(=O)=O)c(Cl)cc1N[C@@H](C)C(=O)N1CCCC1C(=O)O. The zero-order valence-electron chi connectivity index (χ0n) is 15.8. The molecule has 0 bridgehead atoms. The minimum absolute atomic E-state index is 0.0359. The number of halogens is 1. The quantitative estimate of drug-likeness (QED) is 0.523. The third kappa shape index (κ3) is 5.17. The highest BCUT2D eigenvalue weighted by Crippen LogP contribution is 2.30. The number of aliphatic carboxylic acids is 1. The van der Waals surface area contributed by atoms with Crippen LogP contribution in [0.5, 0.6) is 0 Å². The highest BCUT2D eigenvalue weighted by molar-refractivity contribution is 7.89. The molecule has 0 saturated carbocycles. The number of amides is 1. The van der Waals surface area contributed by atoms with E-state index >= 15 is 0 Å². The van der Waals surface area contributed by atoms with Gasteiger partial charge in [0, 0.05) is 6.54 Å². The molecule has 0 spiro atoms. The Morgan fingerprint density at radius 3 is 2.62 bits per heavy atom. The average molecular weight is 448 g/mol. The zero-order valence-corrected chi connectivity index (χ0v) is 17.4. The maximum absolute atomic E-state index is 12.7. The molecule has 0 aliphatic carbocycles. The number of sulfonamides is 1. The van der Waals surface area contributed by atoms with Gasteiger partial charge < -0.3 is 20.1 Å². The Bertz CT molecular complexity index is 935. The lowest BCUT2D eigenvalue weighted by Crippen LogP contribution is -2.46. The van der Waals surface area contributed by atoms with Crippen LogP contribution in [-0.4, -0.2) is 61.5 Å². The molecule has 1 heterocycles. The topological polar surface area (TPSA) is 156 Å². The number of carboxylic acids is 1. The summed E-state index contributed by atoms with van der Waals surface area (Å²) in [5.74, 6) is -2.40. The van der Waals surface area contributed by atoms with Crippen molar-refractivity contribution >= 4 is 45.2 Å². The summed E-state index contributed by atoms with van der Waals surface area (Å²) in [5.41, 5.74) is -0.107. The van der Waals surface area contributed by atoms with E-state index in [4.69, 9.17) is 21.5 Å². The molecule has 1 aromatic carbocycles. The Hall–Kier alpha value is -2.37. The summed E-state index contributed by atoms with van der Waals surface area (Å²) in [4.78, 5) is 37.1. The van der Waals surface area contributed by atoms with Crippen LogP contribution in [0.25, 0.3) is 0 Å². The van der Waals surface area contributed by atoms with Crippen LogP contribution < -0.4 is 10.5 Å². The van der Waals surface area contributed by atoms with Crippen molar-refractivity contribution in [2.24, 2.45) is 5.14 Å². The summed E-state index contributed by atoms with van der Waals surface area (Å²) >= 11 is 6.00.